The van der Waals surface area contributed by atoms with Gasteiger partial charge in [0.2, 0.25) is 5.91 Å². The highest BCUT2D eigenvalue weighted by Crippen LogP contribution is 2.79. The molecule has 2 bridgehead atoms. The number of alkyl halides is 1. The van der Waals surface area contributed by atoms with Gasteiger partial charge in [0.15, 0.2) is 0 Å². The Balaban J connectivity index is 1.73. The first-order valence-electron chi connectivity index (χ1n) is 9.12. The molecule has 4 heteroatoms. The number of amides is 1. The number of Topliss-reactive ketones (excluding diaryl/α,β-unsaturated/α-hetero) is 1. The summed E-state index contributed by atoms with van der Waals surface area (Å²) in [5.41, 5.74) is 0.704. The minimum atomic E-state index is -0.438. The maximum atomic E-state index is 13.4. The van der Waals surface area contributed by atoms with Crippen molar-refractivity contribution in [2.45, 2.75) is 33.1 Å². The lowest BCUT2D eigenvalue weighted by atomic mass is 9.57. The van der Waals surface area contributed by atoms with Crippen LogP contribution < -0.4 is 0 Å². The third-order valence-electron chi connectivity index (χ3n) is 7.25. The summed E-state index contributed by atoms with van der Waals surface area (Å²) in [6, 6.07) is 0. The van der Waals surface area contributed by atoms with Gasteiger partial charge in [-0.05, 0) is 42.9 Å². The van der Waals surface area contributed by atoms with Gasteiger partial charge in [-0.1, -0.05) is 41.9 Å². The average Bonchev–Trinajstić information content (AvgIpc) is 3.05. The third-order valence-corrected chi connectivity index (χ3v) is 8.18. The van der Waals surface area contributed by atoms with Crippen LogP contribution in [-0.4, -0.2) is 35.0 Å². The fraction of sp³-hybridized carbons (Fsp3) is 0.789. The summed E-state index contributed by atoms with van der Waals surface area (Å²) < 4.78 is 0. The molecule has 0 aromatic carbocycles. The Bertz CT molecular complexity index is 582. The lowest BCUT2D eigenvalue weighted by Crippen LogP contribution is -2.51. The quantitative estimate of drug-likeness (QED) is 0.524. The number of ketones is 1. The van der Waals surface area contributed by atoms with Gasteiger partial charge in [0.1, 0.15) is 5.78 Å². The summed E-state index contributed by atoms with van der Waals surface area (Å²) in [5.74, 6) is 2.26. The summed E-state index contributed by atoms with van der Waals surface area (Å²) in [7, 11) is 0. The van der Waals surface area contributed by atoms with E-state index in [-0.39, 0.29) is 17.7 Å². The molecule has 4 rings (SSSR count). The number of fused-ring (bicyclic) bond motifs is 2. The molecule has 0 aromatic rings. The molecule has 0 spiro atoms. The van der Waals surface area contributed by atoms with Crippen molar-refractivity contribution in [3.8, 4) is 0 Å². The van der Waals surface area contributed by atoms with E-state index < -0.39 is 5.41 Å². The largest absolute Gasteiger partial charge is 0.342 e. The smallest absolute Gasteiger partial charge is 0.227 e. The Kier molecular flexibility index (Phi) is 3.57. The fourth-order valence-corrected chi connectivity index (χ4v) is 7.67. The molecular weight excluding hydrogens is 354 g/mol. The van der Waals surface area contributed by atoms with E-state index >= 15 is 0 Å². The molecule has 4 saturated carbocycles. The molecule has 0 N–H and O–H groups in total. The van der Waals surface area contributed by atoms with E-state index in [1.165, 1.54) is 0 Å². The molecule has 0 unspecified atom stereocenters. The van der Waals surface area contributed by atoms with Crippen molar-refractivity contribution < 1.29 is 9.59 Å². The lowest BCUT2D eigenvalue weighted by Gasteiger charge is -2.47. The molecule has 3 nitrogen and oxygen atoms in total. The third kappa shape index (κ3) is 1.62. The molecule has 4 aliphatic carbocycles. The predicted molar refractivity (Wildman–Crippen MR) is 93.1 cm³/mol. The zero-order valence-corrected chi connectivity index (χ0v) is 15.6. The Morgan fingerprint density at radius 3 is 2.57 bits per heavy atom. The second-order valence-electron chi connectivity index (χ2n) is 8.00. The van der Waals surface area contributed by atoms with Crippen LogP contribution in [-0.2, 0) is 9.59 Å². The van der Waals surface area contributed by atoms with Crippen LogP contribution in [0.25, 0.3) is 0 Å². The molecule has 0 saturated heterocycles. The number of carbonyl (C=O) groups is 2. The van der Waals surface area contributed by atoms with Gasteiger partial charge in [-0.25, -0.2) is 0 Å². The summed E-state index contributed by atoms with van der Waals surface area (Å²) in [6.07, 6.45) is 3.01. The molecule has 126 valence electrons. The molecule has 23 heavy (non-hydrogen) atoms. The monoisotopic (exact) mass is 379 g/mol. The van der Waals surface area contributed by atoms with Gasteiger partial charge in [-0.2, -0.15) is 0 Å². The molecule has 4 fully saturated rings. The number of rotatable bonds is 6. The van der Waals surface area contributed by atoms with E-state index in [1.54, 1.807) is 0 Å². The van der Waals surface area contributed by atoms with Crippen LogP contribution in [0.4, 0.5) is 0 Å². The van der Waals surface area contributed by atoms with E-state index in [0.717, 1.165) is 37.9 Å². The van der Waals surface area contributed by atoms with Gasteiger partial charge in [0.25, 0.3) is 0 Å². The highest BCUT2D eigenvalue weighted by Gasteiger charge is 2.81. The molecule has 4 aliphatic rings. The van der Waals surface area contributed by atoms with Crippen LogP contribution in [0.1, 0.15) is 33.1 Å². The number of allylic oxidation sites excluding steroid dienone is 1. The van der Waals surface area contributed by atoms with Gasteiger partial charge in [-0.3, -0.25) is 9.59 Å². The number of halogens is 1. The number of hydrogen-bond donors (Lipinski definition) is 0. The first kappa shape index (κ1) is 15.9. The predicted octanol–water partition coefficient (Wildman–Crippen LogP) is 3.28. The summed E-state index contributed by atoms with van der Waals surface area (Å²) in [5, 5.41) is 0.648. The Hall–Kier alpha value is -0.640. The van der Waals surface area contributed by atoms with Crippen LogP contribution in [0.5, 0.6) is 0 Å². The molecule has 7 atom stereocenters. The zero-order valence-electron chi connectivity index (χ0n) is 14.1. The standard InChI is InChI=1S/C19H26BrNO2/c1-4-6-21(7-5-2)18(23)16-11-8-12-15-13(11)10(3)14(15)17(22)19(12,16)9-20/h11-16H,3-9H2,1-2H3/t11-,12+,13-,14-,15+,16+,19+/m0/s1. The van der Waals surface area contributed by atoms with Gasteiger partial charge in [-0.15, -0.1) is 0 Å². The maximum absolute atomic E-state index is 13.4. The molecule has 0 aliphatic heterocycles. The Morgan fingerprint density at radius 2 is 2.00 bits per heavy atom. The molecule has 1 amide bonds. The molecule has 0 heterocycles. The van der Waals surface area contributed by atoms with Crippen molar-refractivity contribution >= 4 is 27.6 Å². The normalized spacial score (nSPS) is 45.5. The van der Waals surface area contributed by atoms with E-state index in [0.29, 0.717) is 34.8 Å². The van der Waals surface area contributed by atoms with Gasteiger partial charge < -0.3 is 4.90 Å². The summed E-state index contributed by atoms with van der Waals surface area (Å²) in [6.45, 7) is 10.1. The second kappa shape index (κ2) is 5.18. The number of nitrogens with zero attached hydrogens (tertiary/aromatic N) is 1. The summed E-state index contributed by atoms with van der Waals surface area (Å²) >= 11 is 3.64. The fourth-order valence-electron chi connectivity index (χ4n) is 6.63. The van der Waals surface area contributed by atoms with Crippen molar-refractivity contribution in [2.75, 3.05) is 18.4 Å². The Labute approximate surface area is 147 Å². The van der Waals surface area contributed by atoms with Crippen molar-refractivity contribution in [1.29, 1.82) is 0 Å². The minimum Gasteiger partial charge on any atom is -0.342 e. The van der Waals surface area contributed by atoms with Crippen molar-refractivity contribution in [2.24, 2.45) is 40.9 Å². The first-order valence-corrected chi connectivity index (χ1v) is 10.2. The van der Waals surface area contributed by atoms with Crippen LogP contribution in [0.3, 0.4) is 0 Å². The van der Waals surface area contributed by atoms with Crippen LogP contribution in [0.2, 0.25) is 0 Å². The van der Waals surface area contributed by atoms with Crippen molar-refractivity contribution in [1.82, 2.24) is 4.90 Å². The molecular formula is C19H26BrNO2. The number of carbonyl (C=O) groups excluding carboxylic acids is 2. The van der Waals surface area contributed by atoms with Crippen LogP contribution in [0.15, 0.2) is 12.2 Å². The van der Waals surface area contributed by atoms with Crippen LogP contribution in [0, 0.1) is 40.9 Å². The molecule has 0 aromatic heterocycles. The highest BCUT2D eigenvalue weighted by molar-refractivity contribution is 9.09. The number of hydrogen-bond acceptors (Lipinski definition) is 2. The van der Waals surface area contributed by atoms with E-state index in [4.69, 9.17) is 0 Å². The van der Waals surface area contributed by atoms with E-state index in [9.17, 15) is 9.59 Å². The van der Waals surface area contributed by atoms with E-state index in [1.807, 2.05) is 4.90 Å². The highest BCUT2D eigenvalue weighted by atomic mass is 79.9. The second-order valence-corrected chi connectivity index (χ2v) is 8.56. The van der Waals surface area contributed by atoms with Gasteiger partial charge >= 0.3 is 0 Å². The Morgan fingerprint density at radius 1 is 1.35 bits per heavy atom. The maximum Gasteiger partial charge on any atom is 0.227 e. The van der Waals surface area contributed by atoms with Crippen molar-refractivity contribution in [3.63, 3.8) is 0 Å². The molecule has 0 radical (unpaired) electrons. The first-order chi connectivity index (χ1) is 11.0. The summed E-state index contributed by atoms with van der Waals surface area (Å²) in [4.78, 5) is 28.6. The average molecular weight is 380 g/mol. The van der Waals surface area contributed by atoms with Crippen molar-refractivity contribution in [3.05, 3.63) is 12.2 Å². The zero-order chi connectivity index (χ0) is 16.5. The van der Waals surface area contributed by atoms with Gasteiger partial charge in [0, 0.05) is 24.3 Å². The van der Waals surface area contributed by atoms with Gasteiger partial charge in [0.05, 0.1) is 11.3 Å². The van der Waals surface area contributed by atoms with E-state index in [2.05, 4.69) is 36.4 Å². The minimum absolute atomic E-state index is 0.0659. The lowest BCUT2D eigenvalue weighted by molar-refractivity contribution is -0.146. The van der Waals surface area contributed by atoms with Crippen LogP contribution >= 0.6 is 15.9 Å². The SMILES string of the molecule is C=C1[C@@H]2C(=O)[C@]3(CBr)[C@@H]4C[C@@H]([C@H]1[C@H]24)[C@@H]3C(=O)N(CCC)CCC. The topological polar surface area (TPSA) is 37.4 Å².